The van der Waals surface area contributed by atoms with Crippen molar-refractivity contribution in [2.45, 2.75) is 44.3 Å². The number of para-hydroxylation sites is 1. The lowest BCUT2D eigenvalue weighted by molar-refractivity contribution is 0.101. The first-order valence-corrected chi connectivity index (χ1v) is 10.9. The third-order valence-corrected chi connectivity index (χ3v) is 6.95. The van der Waals surface area contributed by atoms with Crippen LogP contribution < -0.4 is 5.56 Å². The molecule has 0 aliphatic heterocycles. The predicted octanol–water partition coefficient (Wildman–Crippen LogP) is 4.70. The molecule has 1 aromatic carbocycles. The highest BCUT2D eigenvalue weighted by Crippen LogP contribution is 2.38. The number of H-pyrrole nitrogens is 1. The number of carbonyl (C=O) groups excluding carboxylic acids is 1. The van der Waals surface area contributed by atoms with E-state index in [9.17, 15) is 9.59 Å². The van der Waals surface area contributed by atoms with Crippen molar-refractivity contribution in [2.24, 2.45) is 11.8 Å². The molecule has 2 heterocycles. The summed E-state index contributed by atoms with van der Waals surface area (Å²) in [5.74, 6) is 1.22. The van der Waals surface area contributed by atoms with Crippen LogP contribution in [0.1, 0.15) is 49.6 Å². The smallest absolute Gasteiger partial charge is 0.262 e. The molecule has 5 nitrogen and oxygen atoms in total. The number of aromatic amines is 1. The van der Waals surface area contributed by atoms with Gasteiger partial charge < -0.3 is 4.98 Å². The van der Waals surface area contributed by atoms with Crippen LogP contribution >= 0.6 is 11.8 Å². The Kier molecular flexibility index (Phi) is 5.40. The molecule has 1 fully saturated rings. The van der Waals surface area contributed by atoms with Crippen LogP contribution in [-0.2, 0) is 0 Å². The number of nitrogens with one attached hydrogen (secondary N) is 1. The van der Waals surface area contributed by atoms with E-state index in [2.05, 4.69) is 18.8 Å². The zero-order valence-corrected chi connectivity index (χ0v) is 17.0. The van der Waals surface area contributed by atoms with Crippen molar-refractivity contribution in [1.82, 2.24) is 14.5 Å². The summed E-state index contributed by atoms with van der Waals surface area (Å²) >= 11 is 1.36. The molecule has 0 radical (unpaired) electrons. The molecule has 1 aliphatic rings. The van der Waals surface area contributed by atoms with E-state index in [0.717, 1.165) is 12.8 Å². The first-order chi connectivity index (χ1) is 13.6. The standard InChI is InChI=1S/C22H25N3O2S/c1-14-7-5-11-19(15(14)2)25-21(27)16-8-3-4-9-17(16)24-22(25)28-13-20(26)18-10-6-12-23-18/h3-4,6,8-10,12,14-15,19,23H,5,7,11,13H2,1-2H3/t14-,15+,19-/m0/s1. The van der Waals surface area contributed by atoms with Crippen molar-refractivity contribution in [3.63, 3.8) is 0 Å². The van der Waals surface area contributed by atoms with E-state index < -0.39 is 0 Å². The fourth-order valence-electron chi connectivity index (χ4n) is 4.15. The molecule has 1 aliphatic carbocycles. The van der Waals surface area contributed by atoms with Crippen LogP contribution in [-0.4, -0.2) is 26.1 Å². The molecule has 0 saturated heterocycles. The molecule has 0 spiro atoms. The molecule has 146 valence electrons. The van der Waals surface area contributed by atoms with Crippen molar-refractivity contribution < 1.29 is 4.79 Å². The molecule has 4 rings (SSSR count). The Morgan fingerprint density at radius 1 is 1.21 bits per heavy atom. The van der Waals surface area contributed by atoms with Gasteiger partial charge in [-0.15, -0.1) is 0 Å². The van der Waals surface area contributed by atoms with Crippen LogP contribution in [0, 0.1) is 11.8 Å². The molecule has 3 aromatic rings. The molecule has 0 amide bonds. The first-order valence-electron chi connectivity index (χ1n) is 9.87. The Hall–Kier alpha value is -2.34. The van der Waals surface area contributed by atoms with Gasteiger partial charge in [-0.1, -0.05) is 50.6 Å². The number of rotatable bonds is 5. The number of ketones is 1. The van der Waals surface area contributed by atoms with Crippen molar-refractivity contribution in [3.05, 3.63) is 58.6 Å². The molecule has 1 saturated carbocycles. The summed E-state index contributed by atoms with van der Waals surface area (Å²) in [5.41, 5.74) is 1.28. The number of hydrogen-bond donors (Lipinski definition) is 1. The second-order valence-electron chi connectivity index (χ2n) is 7.72. The van der Waals surface area contributed by atoms with Gasteiger partial charge in [-0.2, -0.15) is 0 Å². The summed E-state index contributed by atoms with van der Waals surface area (Å²) in [4.78, 5) is 33.6. The molecule has 3 atom stereocenters. The molecule has 2 aromatic heterocycles. The first kappa shape index (κ1) is 19.0. The summed E-state index contributed by atoms with van der Waals surface area (Å²) in [6, 6.07) is 11.2. The minimum atomic E-state index is 0.00590. The summed E-state index contributed by atoms with van der Waals surface area (Å²) < 4.78 is 1.87. The van der Waals surface area contributed by atoms with Crippen LogP contribution in [0.25, 0.3) is 10.9 Å². The molecule has 6 heteroatoms. The third kappa shape index (κ3) is 3.53. The fraction of sp³-hybridized carbons (Fsp3) is 0.409. The van der Waals surface area contributed by atoms with E-state index in [1.165, 1.54) is 18.2 Å². The van der Waals surface area contributed by atoms with Gasteiger partial charge in [0.2, 0.25) is 0 Å². The van der Waals surface area contributed by atoms with Crippen molar-refractivity contribution in [2.75, 3.05) is 5.75 Å². The Balaban J connectivity index is 1.75. The number of benzene rings is 1. The molecule has 0 unspecified atom stereocenters. The minimum Gasteiger partial charge on any atom is -0.359 e. The number of aromatic nitrogens is 3. The highest BCUT2D eigenvalue weighted by molar-refractivity contribution is 7.99. The molecule has 0 bridgehead atoms. The molecular formula is C22H25N3O2S. The third-order valence-electron chi connectivity index (χ3n) is 6.00. The maximum absolute atomic E-state index is 13.4. The van der Waals surface area contributed by atoms with Gasteiger partial charge in [-0.3, -0.25) is 14.2 Å². The predicted molar refractivity (Wildman–Crippen MR) is 113 cm³/mol. The Morgan fingerprint density at radius 3 is 2.82 bits per heavy atom. The SMILES string of the molecule is C[C@@H]1[C@@H](C)CCC[C@@H]1n1c(SCC(=O)c2ccc[nH]2)nc2ccccc2c1=O. The normalized spacial score (nSPS) is 22.4. The zero-order chi connectivity index (χ0) is 19.7. The van der Waals surface area contributed by atoms with Crippen LogP contribution in [0.15, 0.2) is 52.5 Å². The quantitative estimate of drug-likeness (QED) is 0.386. The van der Waals surface area contributed by atoms with Crippen molar-refractivity contribution in [1.29, 1.82) is 0 Å². The van der Waals surface area contributed by atoms with Gasteiger partial charge >= 0.3 is 0 Å². The van der Waals surface area contributed by atoms with Gasteiger partial charge in [-0.05, 0) is 42.5 Å². The lowest BCUT2D eigenvalue weighted by Crippen LogP contribution is -2.35. The number of carbonyl (C=O) groups is 1. The van der Waals surface area contributed by atoms with E-state index in [1.54, 1.807) is 12.3 Å². The van der Waals surface area contributed by atoms with Crippen molar-refractivity contribution in [3.8, 4) is 0 Å². The topological polar surface area (TPSA) is 67.8 Å². The highest BCUT2D eigenvalue weighted by atomic mass is 32.2. The highest BCUT2D eigenvalue weighted by Gasteiger charge is 2.31. The number of thioether (sulfide) groups is 1. The van der Waals surface area contributed by atoms with Gasteiger partial charge in [0.05, 0.1) is 22.3 Å². The van der Waals surface area contributed by atoms with Gasteiger partial charge in [0.25, 0.3) is 5.56 Å². The Morgan fingerprint density at radius 2 is 2.04 bits per heavy atom. The van der Waals surface area contributed by atoms with Gasteiger partial charge in [0.15, 0.2) is 10.9 Å². The summed E-state index contributed by atoms with van der Waals surface area (Å²) in [7, 11) is 0. The Labute approximate surface area is 168 Å². The Bertz CT molecular complexity index is 1040. The van der Waals surface area contributed by atoms with Crippen LogP contribution in [0.5, 0.6) is 0 Å². The average Bonchev–Trinajstić information content (AvgIpc) is 3.24. The summed E-state index contributed by atoms with van der Waals surface area (Å²) in [6.07, 6.45) is 5.03. The minimum absolute atomic E-state index is 0.00590. The lowest BCUT2D eigenvalue weighted by Gasteiger charge is -2.36. The van der Waals surface area contributed by atoms with Gasteiger partial charge in [0, 0.05) is 12.2 Å². The number of Topliss-reactive ketones (excluding diaryl/α,β-unsaturated/α-hetero) is 1. The van der Waals surface area contributed by atoms with E-state index in [0.29, 0.717) is 33.6 Å². The average molecular weight is 396 g/mol. The number of nitrogens with zero attached hydrogens (tertiary/aromatic N) is 2. The van der Waals surface area contributed by atoms with E-state index in [4.69, 9.17) is 4.98 Å². The van der Waals surface area contributed by atoms with Crippen LogP contribution in [0.4, 0.5) is 0 Å². The lowest BCUT2D eigenvalue weighted by atomic mass is 9.78. The number of hydrogen-bond acceptors (Lipinski definition) is 4. The van der Waals surface area contributed by atoms with Crippen LogP contribution in [0.2, 0.25) is 0 Å². The number of fused-ring (bicyclic) bond motifs is 1. The second kappa shape index (κ2) is 7.95. The second-order valence-corrected chi connectivity index (χ2v) is 8.66. The van der Waals surface area contributed by atoms with E-state index >= 15 is 0 Å². The van der Waals surface area contributed by atoms with E-state index in [1.807, 2.05) is 34.9 Å². The monoisotopic (exact) mass is 395 g/mol. The van der Waals surface area contributed by atoms with Crippen LogP contribution in [0.3, 0.4) is 0 Å². The maximum atomic E-state index is 13.4. The van der Waals surface area contributed by atoms with Gasteiger partial charge in [0.1, 0.15) is 0 Å². The summed E-state index contributed by atoms with van der Waals surface area (Å²) in [6.45, 7) is 4.49. The molecular weight excluding hydrogens is 370 g/mol. The largest absolute Gasteiger partial charge is 0.359 e. The maximum Gasteiger partial charge on any atom is 0.262 e. The molecule has 1 N–H and O–H groups in total. The van der Waals surface area contributed by atoms with Crippen molar-refractivity contribution >= 4 is 28.4 Å². The van der Waals surface area contributed by atoms with Gasteiger partial charge in [-0.25, -0.2) is 4.98 Å². The fourth-order valence-corrected chi connectivity index (χ4v) is 5.09. The summed E-state index contributed by atoms with van der Waals surface area (Å²) in [5, 5.41) is 1.29. The molecule has 28 heavy (non-hydrogen) atoms. The van der Waals surface area contributed by atoms with E-state index in [-0.39, 0.29) is 23.1 Å². The zero-order valence-electron chi connectivity index (χ0n) is 16.2.